The molecule has 0 saturated heterocycles. The smallest absolute Gasteiger partial charge is 0.124 e. The fourth-order valence-corrected chi connectivity index (χ4v) is 3.07. The zero-order valence-electron chi connectivity index (χ0n) is 13.1. The van der Waals surface area contributed by atoms with Crippen molar-refractivity contribution in [1.82, 2.24) is 5.32 Å². The van der Waals surface area contributed by atoms with Crippen molar-refractivity contribution in [2.75, 3.05) is 6.54 Å². The highest BCUT2D eigenvalue weighted by molar-refractivity contribution is 7.07. The summed E-state index contributed by atoms with van der Waals surface area (Å²) in [6, 6.07) is 10.9. The normalized spacial score (nSPS) is 12.6. The largest absolute Gasteiger partial charge is 0.491 e. The second kappa shape index (κ2) is 8.20. The highest BCUT2D eigenvalue weighted by atomic mass is 32.1. The SMILES string of the molecule is CCCNC(Cc1ccsc1)c1ccccc1OC(C)C. The molecule has 2 rings (SSSR count). The van der Waals surface area contributed by atoms with E-state index in [1.807, 2.05) is 6.07 Å². The van der Waals surface area contributed by atoms with Gasteiger partial charge in [0, 0.05) is 11.6 Å². The van der Waals surface area contributed by atoms with Gasteiger partial charge in [0.05, 0.1) is 6.10 Å². The van der Waals surface area contributed by atoms with E-state index in [-0.39, 0.29) is 6.10 Å². The number of hydrogen-bond donors (Lipinski definition) is 1. The molecule has 0 fully saturated rings. The lowest BCUT2D eigenvalue weighted by atomic mass is 9.99. The van der Waals surface area contributed by atoms with Crippen LogP contribution in [0.15, 0.2) is 41.1 Å². The van der Waals surface area contributed by atoms with Gasteiger partial charge < -0.3 is 10.1 Å². The van der Waals surface area contributed by atoms with E-state index >= 15 is 0 Å². The number of hydrogen-bond acceptors (Lipinski definition) is 3. The zero-order valence-corrected chi connectivity index (χ0v) is 14.0. The van der Waals surface area contributed by atoms with Gasteiger partial charge in [0.15, 0.2) is 0 Å². The van der Waals surface area contributed by atoms with Crippen LogP contribution in [0.5, 0.6) is 5.75 Å². The minimum atomic E-state index is 0.194. The van der Waals surface area contributed by atoms with Crippen LogP contribution in [-0.2, 0) is 6.42 Å². The first-order chi connectivity index (χ1) is 10.2. The Morgan fingerprint density at radius 2 is 2.00 bits per heavy atom. The fourth-order valence-electron chi connectivity index (χ4n) is 2.38. The standard InChI is InChI=1S/C18H25NOS/c1-4-10-19-17(12-15-9-11-21-13-15)16-7-5-6-8-18(16)20-14(2)3/h5-9,11,13-14,17,19H,4,10,12H2,1-3H3. The molecule has 0 aliphatic rings. The topological polar surface area (TPSA) is 21.3 Å². The van der Waals surface area contributed by atoms with Crippen LogP contribution >= 0.6 is 11.3 Å². The Bertz CT molecular complexity index is 522. The van der Waals surface area contributed by atoms with Gasteiger partial charge in [0.1, 0.15) is 5.75 Å². The van der Waals surface area contributed by atoms with Gasteiger partial charge >= 0.3 is 0 Å². The maximum atomic E-state index is 5.99. The number of nitrogens with one attached hydrogen (secondary N) is 1. The van der Waals surface area contributed by atoms with Crippen LogP contribution in [0.3, 0.4) is 0 Å². The summed E-state index contributed by atoms with van der Waals surface area (Å²) in [7, 11) is 0. The molecule has 0 amide bonds. The first-order valence-corrected chi connectivity index (χ1v) is 8.65. The summed E-state index contributed by atoms with van der Waals surface area (Å²) < 4.78 is 5.99. The van der Waals surface area contributed by atoms with Crippen molar-refractivity contribution in [2.24, 2.45) is 0 Å². The molecule has 0 radical (unpaired) electrons. The van der Waals surface area contributed by atoms with E-state index in [0.717, 1.165) is 25.1 Å². The molecule has 1 atom stereocenters. The molecule has 0 spiro atoms. The molecule has 0 saturated carbocycles. The number of thiophene rings is 1. The van der Waals surface area contributed by atoms with Crippen molar-refractivity contribution in [2.45, 2.75) is 45.8 Å². The summed E-state index contributed by atoms with van der Waals surface area (Å²) in [4.78, 5) is 0. The third-order valence-electron chi connectivity index (χ3n) is 3.32. The van der Waals surface area contributed by atoms with E-state index in [2.05, 4.69) is 61.1 Å². The minimum Gasteiger partial charge on any atom is -0.491 e. The first kappa shape index (κ1) is 16.1. The average molecular weight is 303 g/mol. The molecule has 2 nitrogen and oxygen atoms in total. The molecular weight excluding hydrogens is 278 g/mol. The molecule has 0 aliphatic carbocycles. The van der Waals surface area contributed by atoms with E-state index < -0.39 is 0 Å². The van der Waals surface area contributed by atoms with Gasteiger partial charge in [-0.1, -0.05) is 25.1 Å². The molecule has 21 heavy (non-hydrogen) atoms. The molecule has 1 unspecified atom stereocenters. The number of para-hydroxylation sites is 1. The van der Waals surface area contributed by atoms with Crippen LogP contribution in [0.25, 0.3) is 0 Å². The number of benzene rings is 1. The van der Waals surface area contributed by atoms with Crippen LogP contribution < -0.4 is 10.1 Å². The van der Waals surface area contributed by atoms with Gasteiger partial charge in [0.25, 0.3) is 0 Å². The Hall–Kier alpha value is -1.32. The number of ether oxygens (including phenoxy) is 1. The Kier molecular flexibility index (Phi) is 6.27. The predicted molar refractivity (Wildman–Crippen MR) is 91.3 cm³/mol. The molecule has 0 aliphatic heterocycles. The van der Waals surface area contributed by atoms with Gasteiger partial charge in [-0.25, -0.2) is 0 Å². The van der Waals surface area contributed by atoms with Crippen LogP contribution in [0.1, 0.15) is 44.4 Å². The second-order valence-electron chi connectivity index (χ2n) is 5.55. The second-order valence-corrected chi connectivity index (χ2v) is 6.33. The Morgan fingerprint density at radius 1 is 1.19 bits per heavy atom. The molecule has 1 N–H and O–H groups in total. The maximum Gasteiger partial charge on any atom is 0.124 e. The maximum absolute atomic E-state index is 5.99. The van der Waals surface area contributed by atoms with E-state index in [0.29, 0.717) is 6.04 Å². The summed E-state index contributed by atoms with van der Waals surface area (Å²) in [6.07, 6.45) is 2.33. The van der Waals surface area contributed by atoms with Crippen molar-refractivity contribution in [3.63, 3.8) is 0 Å². The molecule has 1 aromatic carbocycles. The average Bonchev–Trinajstić information content (AvgIpc) is 2.96. The van der Waals surface area contributed by atoms with E-state index in [1.165, 1.54) is 11.1 Å². The fraction of sp³-hybridized carbons (Fsp3) is 0.444. The van der Waals surface area contributed by atoms with E-state index in [9.17, 15) is 0 Å². The van der Waals surface area contributed by atoms with Crippen molar-refractivity contribution in [1.29, 1.82) is 0 Å². The van der Waals surface area contributed by atoms with Crippen molar-refractivity contribution in [3.8, 4) is 5.75 Å². The zero-order chi connectivity index (χ0) is 15.1. The van der Waals surface area contributed by atoms with Crippen molar-refractivity contribution in [3.05, 3.63) is 52.2 Å². The van der Waals surface area contributed by atoms with Crippen LogP contribution in [0.2, 0.25) is 0 Å². The van der Waals surface area contributed by atoms with E-state index in [1.54, 1.807) is 11.3 Å². The molecular formula is C18H25NOS. The molecule has 1 heterocycles. The number of rotatable bonds is 8. The van der Waals surface area contributed by atoms with Gasteiger partial charge in [-0.15, -0.1) is 0 Å². The third-order valence-corrected chi connectivity index (χ3v) is 4.05. The highest BCUT2D eigenvalue weighted by Crippen LogP contribution is 2.29. The monoisotopic (exact) mass is 303 g/mol. The molecule has 114 valence electrons. The summed E-state index contributed by atoms with van der Waals surface area (Å²) in [5, 5.41) is 8.03. The van der Waals surface area contributed by atoms with Gasteiger partial charge in [-0.3, -0.25) is 0 Å². The molecule has 0 bridgehead atoms. The lowest BCUT2D eigenvalue weighted by Crippen LogP contribution is -2.25. The Labute approximate surface area is 132 Å². The van der Waals surface area contributed by atoms with Crippen molar-refractivity contribution < 1.29 is 4.74 Å². The highest BCUT2D eigenvalue weighted by Gasteiger charge is 2.17. The van der Waals surface area contributed by atoms with Crippen LogP contribution in [0, 0.1) is 0 Å². The Balaban J connectivity index is 2.22. The van der Waals surface area contributed by atoms with Gasteiger partial charge in [-0.05, 0) is 61.7 Å². The minimum absolute atomic E-state index is 0.194. The van der Waals surface area contributed by atoms with Crippen LogP contribution in [0.4, 0.5) is 0 Å². The molecule has 1 aromatic heterocycles. The predicted octanol–water partition coefficient (Wildman–Crippen LogP) is 4.82. The summed E-state index contributed by atoms with van der Waals surface area (Å²) in [5.41, 5.74) is 2.64. The van der Waals surface area contributed by atoms with Crippen molar-refractivity contribution >= 4 is 11.3 Å². The lowest BCUT2D eigenvalue weighted by molar-refractivity contribution is 0.237. The van der Waals surface area contributed by atoms with Gasteiger partial charge in [0.2, 0.25) is 0 Å². The molecule has 3 heteroatoms. The summed E-state index contributed by atoms with van der Waals surface area (Å²) >= 11 is 1.76. The summed E-state index contributed by atoms with van der Waals surface area (Å²) in [6.45, 7) is 7.37. The van der Waals surface area contributed by atoms with Crippen LogP contribution in [-0.4, -0.2) is 12.6 Å². The third kappa shape index (κ3) is 4.87. The summed E-state index contributed by atoms with van der Waals surface area (Å²) in [5.74, 6) is 0.997. The first-order valence-electron chi connectivity index (χ1n) is 7.70. The Morgan fingerprint density at radius 3 is 2.67 bits per heavy atom. The van der Waals surface area contributed by atoms with Gasteiger partial charge in [-0.2, -0.15) is 11.3 Å². The lowest BCUT2D eigenvalue weighted by Gasteiger charge is -2.22. The van der Waals surface area contributed by atoms with E-state index in [4.69, 9.17) is 4.74 Å². The quantitative estimate of drug-likeness (QED) is 0.755. The molecule has 2 aromatic rings.